The monoisotopic (exact) mass is 162 g/mol. The van der Waals surface area contributed by atoms with Crippen molar-refractivity contribution in [1.29, 1.82) is 0 Å². The minimum Gasteiger partial charge on any atom is -0.300 e. The van der Waals surface area contributed by atoms with E-state index in [4.69, 9.17) is 10.5 Å². The second-order valence-electron chi connectivity index (χ2n) is 1.53. The molecule has 0 aliphatic rings. The second-order valence-corrected chi connectivity index (χ2v) is 1.53. The minimum absolute atomic E-state index is 0.858. The van der Waals surface area contributed by atoms with Gasteiger partial charge >= 0.3 is 11.9 Å². The van der Waals surface area contributed by atoms with Gasteiger partial charge in [0, 0.05) is 0 Å². The Hall–Kier alpha value is -1.40. The number of carbonyl (C=O) groups is 2. The van der Waals surface area contributed by atoms with Crippen LogP contribution in [0.15, 0.2) is 12.7 Å². The molecule has 0 rings (SSSR count). The maximum atomic E-state index is 10.4. The molecule has 0 aromatic heterocycles. The van der Waals surface area contributed by atoms with Crippen molar-refractivity contribution in [3.8, 4) is 0 Å². The van der Waals surface area contributed by atoms with Crippen molar-refractivity contribution < 1.29 is 29.9 Å². The Balaban J connectivity index is 4.27. The van der Waals surface area contributed by atoms with Crippen LogP contribution >= 0.6 is 0 Å². The van der Waals surface area contributed by atoms with Crippen LogP contribution in [-0.4, -0.2) is 22.5 Å². The van der Waals surface area contributed by atoms with E-state index in [1.54, 1.807) is 0 Å². The summed E-state index contributed by atoms with van der Waals surface area (Å²) >= 11 is 0. The summed E-state index contributed by atoms with van der Waals surface area (Å²) in [6.45, 7) is 3.08. The highest BCUT2D eigenvalue weighted by Gasteiger charge is 2.27. The molecule has 6 nitrogen and oxygen atoms in total. The molecule has 6 heteroatoms. The van der Waals surface area contributed by atoms with Gasteiger partial charge in [-0.15, -0.1) is 6.58 Å². The van der Waals surface area contributed by atoms with Crippen molar-refractivity contribution >= 4 is 11.9 Å². The summed E-state index contributed by atoms with van der Waals surface area (Å²) in [7, 11) is 0. The lowest BCUT2D eigenvalue weighted by Gasteiger charge is -2.02. The topological polar surface area (TPSA) is 93.1 Å². The first kappa shape index (κ1) is 9.60. The molecule has 0 amide bonds. The highest BCUT2D eigenvalue weighted by Crippen LogP contribution is 2.02. The molecule has 0 aliphatic carbocycles. The van der Waals surface area contributed by atoms with Gasteiger partial charge in [0.15, 0.2) is 5.92 Å². The molecule has 0 heterocycles. The van der Waals surface area contributed by atoms with E-state index in [0.717, 1.165) is 6.08 Å². The van der Waals surface area contributed by atoms with Crippen LogP contribution in [0.1, 0.15) is 0 Å². The van der Waals surface area contributed by atoms with E-state index in [2.05, 4.69) is 16.4 Å². The van der Waals surface area contributed by atoms with Gasteiger partial charge in [0.25, 0.3) is 0 Å². The summed E-state index contributed by atoms with van der Waals surface area (Å²) in [6.07, 6.45) is 0.858. The summed E-state index contributed by atoms with van der Waals surface area (Å²) in [6, 6.07) is 0. The molecular weight excluding hydrogens is 156 g/mol. The van der Waals surface area contributed by atoms with E-state index in [1.807, 2.05) is 0 Å². The van der Waals surface area contributed by atoms with E-state index in [9.17, 15) is 9.59 Å². The number of carbonyl (C=O) groups excluding carboxylic acids is 2. The lowest BCUT2D eigenvalue weighted by atomic mass is 10.1. The number of rotatable bonds is 3. The number of hydrogen-bond donors (Lipinski definition) is 2. The average Bonchev–Trinajstić information content (AvgIpc) is 2.05. The van der Waals surface area contributed by atoms with Crippen LogP contribution in [0.4, 0.5) is 0 Å². The van der Waals surface area contributed by atoms with Crippen molar-refractivity contribution in [2.45, 2.75) is 0 Å². The van der Waals surface area contributed by atoms with Gasteiger partial charge in [0.05, 0.1) is 0 Å². The summed E-state index contributed by atoms with van der Waals surface area (Å²) in [5.74, 6) is -4.04. The summed E-state index contributed by atoms with van der Waals surface area (Å²) < 4.78 is 0. The molecule has 0 unspecified atom stereocenters. The van der Waals surface area contributed by atoms with Crippen LogP contribution in [0.3, 0.4) is 0 Å². The van der Waals surface area contributed by atoms with Gasteiger partial charge in [-0.05, 0) is 0 Å². The first-order valence-corrected chi connectivity index (χ1v) is 2.50. The van der Waals surface area contributed by atoms with Crippen LogP contribution in [0.25, 0.3) is 0 Å². The largest absolute Gasteiger partial charge is 0.360 e. The van der Waals surface area contributed by atoms with Crippen LogP contribution in [0, 0.1) is 5.92 Å². The molecule has 0 saturated heterocycles. The molecule has 0 aliphatic heterocycles. The molecule has 2 N–H and O–H groups in total. The van der Waals surface area contributed by atoms with Crippen molar-refractivity contribution in [2.75, 3.05) is 0 Å². The zero-order valence-corrected chi connectivity index (χ0v) is 5.39. The van der Waals surface area contributed by atoms with Gasteiger partial charge in [-0.25, -0.2) is 9.59 Å². The van der Waals surface area contributed by atoms with Crippen LogP contribution in [0.2, 0.25) is 0 Å². The third-order valence-electron chi connectivity index (χ3n) is 0.924. The molecule has 0 radical (unpaired) electrons. The Morgan fingerprint density at radius 1 is 1.27 bits per heavy atom. The Kier molecular flexibility index (Phi) is 3.86. The molecule has 62 valence electrons. The highest BCUT2D eigenvalue weighted by atomic mass is 17.1. The maximum absolute atomic E-state index is 10.4. The fourth-order valence-electron chi connectivity index (χ4n) is 0.402. The fourth-order valence-corrected chi connectivity index (χ4v) is 0.402. The van der Waals surface area contributed by atoms with Gasteiger partial charge in [0.2, 0.25) is 0 Å². The standard InChI is InChI=1S/C5H6O6/c1-2-3(4(6)10-8)5(7)11-9/h2-3,8-9H,1H2. The average molecular weight is 162 g/mol. The Morgan fingerprint density at radius 3 is 1.82 bits per heavy atom. The van der Waals surface area contributed by atoms with E-state index in [1.165, 1.54) is 0 Å². The Bertz CT molecular complexity index is 158. The van der Waals surface area contributed by atoms with E-state index in [-0.39, 0.29) is 0 Å². The van der Waals surface area contributed by atoms with E-state index >= 15 is 0 Å². The lowest BCUT2D eigenvalue weighted by Crippen LogP contribution is -2.24. The zero-order valence-electron chi connectivity index (χ0n) is 5.39. The quantitative estimate of drug-likeness (QED) is 0.259. The predicted molar refractivity (Wildman–Crippen MR) is 31.1 cm³/mol. The Labute approximate surface area is 61.5 Å². The molecule has 0 saturated carbocycles. The smallest absolute Gasteiger partial charge is 0.300 e. The molecule has 0 aromatic carbocycles. The second kappa shape index (κ2) is 4.42. The van der Waals surface area contributed by atoms with Crippen LogP contribution < -0.4 is 0 Å². The van der Waals surface area contributed by atoms with Gasteiger partial charge in [-0.2, -0.15) is 10.5 Å². The summed E-state index contributed by atoms with van der Waals surface area (Å²) in [5.41, 5.74) is 0. The summed E-state index contributed by atoms with van der Waals surface area (Å²) in [5, 5.41) is 15.6. The zero-order chi connectivity index (χ0) is 8.85. The van der Waals surface area contributed by atoms with Gasteiger partial charge in [-0.1, -0.05) is 6.08 Å². The molecule has 0 bridgehead atoms. The van der Waals surface area contributed by atoms with E-state index < -0.39 is 17.9 Å². The fraction of sp³-hybridized carbons (Fsp3) is 0.200. The van der Waals surface area contributed by atoms with Crippen molar-refractivity contribution in [3.05, 3.63) is 12.7 Å². The van der Waals surface area contributed by atoms with Crippen molar-refractivity contribution in [1.82, 2.24) is 0 Å². The van der Waals surface area contributed by atoms with Crippen molar-refractivity contribution in [2.24, 2.45) is 5.92 Å². The van der Waals surface area contributed by atoms with Crippen LogP contribution in [-0.2, 0) is 19.4 Å². The predicted octanol–water partition coefficient (Wildman–Crippen LogP) is -0.179. The van der Waals surface area contributed by atoms with E-state index in [0.29, 0.717) is 0 Å². The summed E-state index contributed by atoms with van der Waals surface area (Å²) in [4.78, 5) is 27.2. The molecular formula is C5H6O6. The molecule has 0 atom stereocenters. The molecule has 0 aromatic rings. The maximum Gasteiger partial charge on any atom is 0.360 e. The third kappa shape index (κ3) is 2.36. The minimum atomic E-state index is -1.51. The normalized spacial score (nSPS) is 9.00. The van der Waals surface area contributed by atoms with Gasteiger partial charge in [-0.3, -0.25) is 9.78 Å². The first-order valence-electron chi connectivity index (χ1n) is 2.50. The first-order chi connectivity index (χ1) is 5.17. The lowest BCUT2D eigenvalue weighted by molar-refractivity contribution is -0.252. The highest BCUT2D eigenvalue weighted by molar-refractivity contribution is 5.96. The molecule has 0 spiro atoms. The molecule has 11 heavy (non-hydrogen) atoms. The SMILES string of the molecule is C=CC(C(=O)OO)C(=O)OO. The van der Waals surface area contributed by atoms with Gasteiger partial charge in [0.1, 0.15) is 0 Å². The van der Waals surface area contributed by atoms with Crippen LogP contribution in [0.5, 0.6) is 0 Å². The third-order valence-corrected chi connectivity index (χ3v) is 0.924. The van der Waals surface area contributed by atoms with Crippen molar-refractivity contribution in [3.63, 3.8) is 0 Å². The van der Waals surface area contributed by atoms with Gasteiger partial charge < -0.3 is 0 Å². The molecule has 0 fully saturated rings. The number of hydrogen-bond acceptors (Lipinski definition) is 6. The Morgan fingerprint density at radius 2 is 1.64 bits per heavy atom.